The molecular formula is C16H29N3O5. The molecule has 0 aromatic rings. The van der Waals surface area contributed by atoms with Crippen LogP contribution >= 0.6 is 0 Å². The summed E-state index contributed by atoms with van der Waals surface area (Å²) in [5, 5.41) is 12.2. The number of likely N-dealkylation sites (tertiary alicyclic amines) is 1. The zero-order chi connectivity index (χ0) is 18.1. The minimum absolute atomic E-state index is 0.267. The van der Waals surface area contributed by atoms with E-state index < -0.39 is 30.1 Å². The molecule has 0 bridgehead atoms. The molecule has 138 valence electrons. The van der Waals surface area contributed by atoms with Gasteiger partial charge in [-0.3, -0.25) is 14.9 Å². The van der Waals surface area contributed by atoms with Crippen LogP contribution in [0.25, 0.3) is 0 Å². The maximum atomic E-state index is 12.5. The van der Waals surface area contributed by atoms with E-state index in [0.29, 0.717) is 32.4 Å². The summed E-state index contributed by atoms with van der Waals surface area (Å²) in [5.41, 5.74) is 5.47. The number of nitrogens with zero attached hydrogens (tertiary/aromatic N) is 1. The summed E-state index contributed by atoms with van der Waals surface area (Å²) in [6.07, 6.45) is 3.19. The van der Waals surface area contributed by atoms with Crippen LogP contribution in [0.5, 0.6) is 0 Å². The number of aliphatic carboxylic acids is 1. The van der Waals surface area contributed by atoms with Crippen molar-refractivity contribution >= 4 is 17.8 Å². The third kappa shape index (κ3) is 5.76. The first-order chi connectivity index (χ1) is 11.4. The predicted molar refractivity (Wildman–Crippen MR) is 88.3 cm³/mol. The Hall–Kier alpha value is -1.67. The summed E-state index contributed by atoms with van der Waals surface area (Å²) in [6, 6.07) is -2.03. The normalized spacial score (nSPS) is 19.8. The van der Waals surface area contributed by atoms with Crippen LogP contribution in [0.1, 0.15) is 46.0 Å². The molecule has 1 saturated heterocycles. The highest BCUT2D eigenvalue weighted by molar-refractivity contribution is 5.88. The molecule has 1 fully saturated rings. The Morgan fingerprint density at radius 2 is 2.08 bits per heavy atom. The summed E-state index contributed by atoms with van der Waals surface area (Å²) in [7, 11) is 0. The first-order valence-electron chi connectivity index (χ1n) is 8.58. The van der Waals surface area contributed by atoms with Gasteiger partial charge in [-0.2, -0.15) is 0 Å². The van der Waals surface area contributed by atoms with Crippen molar-refractivity contribution in [2.24, 2.45) is 5.73 Å². The molecule has 3 atom stereocenters. The third-order valence-electron chi connectivity index (χ3n) is 4.16. The molecule has 1 rings (SSSR count). The second kappa shape index (κ2) is 10.2. The van der Waals surface area contributed by atoms with Crippen molar-refractivity contribution in [1.82, 2.24) is 10.2 Å². The maximum absolute atomic E-state index is 12.5. The number of amides is 1. The fraction of sp³-hybridized carbons (Fsp3) is 0.812. The van der Waals surface area contributed by atoms with Gasteiger partial charge in [-0.1, -0.05) is 6.42 Å². The van der Waals surface area contributed by atoms with Gasteiger partial charge in [0.15, 0.2) is 0 Å². The summed E-state index contributed by atoms with van der Waals surface area (Å²) in [5.74, 6) is -1.68. The van der Waals surface area contributed by atoms with Crippen LogP contribution in [-0.2, 0) is 19.1 Å². The molecule has 0 spiro atoms. The van der Waals surface area contributed by atoms with Gasteiger partial charge in [-0.05, 0) is 46.1 Å². The van der Waals surface area contributed by atoms with E-state index in [-0.39, 0.29) is 12.5 Å². The van der Waals surface area contributed by atoms with Gasteiger partial charge in [0.1, 0.15) is 12.1 Å². The lowest BCUT2D eigenvalue weighted by Gasteiger charge is -2.27. The summed E-state index contributed by atoms with van der Waals surface area (Å²) < 4.78 is 5.05. The molecule has 0 saturated carbocycles. The number of hydrogen-bond acceptors (Lipinski definition) is 6. The van der Waals surface area contributed by atoms with Gasteiger partial charge in [0.25, 0.3) is 0 Å². The standard InChI is InChI=1S/C16H29N3O5/c1-3-24-16(23)12(7-4-5-9-17)18-11(2)14(20)19-10-6-8-13(19)15(21)22/h11-13,18H,3-10,17H2,1-2H3,(H,21,22)/t11-,12-,13-/m0/s1. The van der Waals surface area contributed by atoms with Crippen LogP contribution in [0.2, 0.25) is 0 Å². The average Bonchev–Trinajstić information content (AvgIpc) is 3.03. The van der Waals surface area contributed by atoms with Gasteiger partial charge in [0.2, 0.25) is 5.91 Å². The summed E-state index contributed by atoms with van der Waals surface area (Å²) >= 11 is 0. The lowest BCUT2D eigenvalue weighted by molar-refractivity contribution is -0.150. The highest BCUT2D eigenvalue weighted by Crippen LogP contribution is 2.18. The highest BCUT2D eigenvalue weighted by atomic mass is 16.5. The Balaban J connectivity index is 2.67. The number of carbonyl (C=O) groups excluding carboxylic acids is 2. The summed E-state index contributed by atoms with van der Waals surface area (Å²) in [4.78, 5) is 37.2. The molecule has 0 unspecified atom stereocenters. The second-order valence-corrected chi connectivity index (χ2v) is 6.01. The van der Waals surface area contributed by atoms with Crippen molar-refractivity contribution in [1.29, 1.82) is 0 Å². The zero-order valence-electron chi connectivity index (χ0n) is 14.5. The van der Waals surface area contributed by atoms with Gasteiger partial charge in [0.05, 0.1) is 12.6 Å². The minimum atomic E-state index is -0.988. The SMILES string of the molecule is CCOC(=O)[C@H](CCCCN)N[C@@H](C)C(=O)N1CCC[C@H]1C(=O)O. The van der Waals surface area contributed by atoms with Crippen LogP contribution in [0, 0.1) is 0 Å². The second-order valence-electron chi connectivity index (χ2n) is 6.01. The van der Waals surface area contributed by atoms with Crippen molar-refractivity contribution in [3.8, 4) is 0 Å². The molecule has 1 heterocycles. The topological polar surface area (TPSA) is 122 Å². The highest BCUT2D eigenvalue weighted by Gasteiger charge is 2.36. The van der Waals surface area contributed by atoms with E-state index in [1.807, 2.05) is 0 Å². The molecule has 8 nitrogen and oxygen atoms in total. The average molecular weight is 343 g/mol. The van der Waals surface area contributed by atoms with Gasteiger partial charge in [-0.25, -0.2) is 4.79 Å². The number of rotatable bonds is 10. The van der Waals surface area contributed by atoms with Crippen LogP contribution in [0.15, 0.2) is 0 Å². The number of nitrogens with two attached hydrogens (primary N) is 1. The fourth-order valence-corrected chi connectivity index (χ4v) is 2.91. The van der Waals surface area contributed by atoms with Crippen molar-refractivity contribution in [2.45, 2.75) is 64.1 Å². The maximum Gasteiger partial charge on any atom is 0.326 e. The molecule has 0 aromatic carbocycles. The Kier molecular flexibility index (Phi) is 8.70. The first-order valence-corrected chi connectivity index (χ1v) is 8.58. The lowest BCUT2D eigenvalue weighted by atomic mass is 10.1. The molecule has 0 aromatic heterocycles. The monoisotopic (exact) mass is 343 g/mol. The number of carboxylic acids is 1. The molecular weight excluding hydrogens is 314 g/mol. The number of carboxylic acid groups (broad SMARTS) is 1. The van der Waals surface area contributed by atoms with Crippen molar-refractivity contribution in [2.75, 3.05) is 19.7 Å². The molecule has 4 N–H and O–H groups in total. The zero-order valence-corrected chi connectivity index (χ0v) is 14.5. The number of carbonyl (C=O) groups is 3. The quantitative estimate of drug-likeness (QED) is 0.380. The predicted octanol–water partition coefficient (Wildman–Crippen LogP) is 0.101. The Morgan fingerprint density at radius 1 is 1.38 bits per heavy atom. The van der Waals surface area contributed by atoms with Gasteiger partial charge >= 0.3 is 11.9 Å². The number of esters is 1. The first kappa shape index (κ1) is 20.4. The van der Waals surface area contributed by atoms with E-state index in [1.165, 1.54) is 4.90 Å². The number of nitrogens with one attached hydrogen (secondary N) is 1. The molecule has 0 radical (unpaired) electrons. The molecule has 24 heavy (non-hydrogen) atoms. The Morgan fingerprint density at radius 3 is 2.67 bits per heavy atom. The molecule has 1 aliphatic rings. The van der Waals surface area contributed by atoms with E-state index in [1.54, 1.807) is 13.8 Å². The smallest absolute Gasteiger partial charge is 0.326 e. The van der Waals surface area contributed by atoms with E-state index in [0.717, 1.165) is 12.8 Å². The number of hydrogen-bond donors (Lipinski definition) is 3. The van der Waals surface area contributed by atoms with Crippen LogP contribution in [-0.4, -0.2) is 65.7 Å². The minimum Gasteiger partial charge on any atom is -0.480 e. The van der Waals surface area contributed by atoms with Crippen LogP contribution in [0.3, 0.4) is 0 Å². The fourth-order valence-electron chi connectivity index (χ4n) is 2.91. The van der Waals surface area contributed by atoms with Crippen LogP contribution in [0.4, 0.5) is 0 Å². The Labute approximate surface area is 142 Å². The number of ether oxygens (including phenoxy) is 1. The van der Waals surface area contributed by atoms with E-state index in [4.69, 9.17) is 10.5 Å². The van der Waals surface area contributed by atoms with Crippen LogP contribution < -0.4 is 11.1 Å². The number of unbranched alkanes of at least 4 members (excludes halogenated alkanes) is 1. The van der Waals surface area contributed by atoms with Gasteiger partial charge in [0, 0.05) is 6.54 Å². The van der Waals surface area contributed by atoms with E-state index in [9.17, 15) is 19.5 Å². The van der Waals surface area contributed by atoms with Gasteiger partial charge < -0.3 is 20.5 Å². The van der Waals surface area contributed by atoms with E-state index >= 15 is 0 Å². The van der Waals surface area contributed by atoms with Crippen molar-refractivity contribution in [3.05, 3.63) is 0 Å². The van der Waals surface area contributed by atoms with E-state index in [2.05, 4.69) is 5.32 Å². The van der Waals surface area contributed by atoms with Crippen molar-refractivity contribution < 1.29 is 24.2 Å². The molecule has 1 aliphatic heterocycles. The molecule has 8 heteroatoms. The molecule has 0 aliphatic carbocycles. The summed E-state index contributed by atoms with van der Waals surface area (Å²) in [6.45, 7) is 4.61. The largest absolute Gasteiger partial charge is 0.480 e. The lowest BCUT2D eigenvalue weighted by Crippen LogP contribution is -2.53. The Bertz CT molecular complexity index is 443. The van der Waals surface area contributed by atoms with Gasteiger partial charge in [-0.15, -0.1) is 0 Å². The molecule has 1 amide bonds. The third-order valence-corrected chi connectivity index (χ3v) is 4.16. The van der Waals surface area contributed by atoms with Crippen molar-refractivity contribution in [3.63, 3.8) is 0 Å².